The lowest BCUT2D eigenvalue weighted by Gasteiger charge is -2.41. The van der Waals surface area contributed by atoms with E-state index in [1.807, 2.05) is 78.9 Å². The number of hydrogen-bond acceptors (Lipinski definition) is 4. The number of nitrogens with one attached hydrogen (secondary N) is 1. The number of benzene rings is 2. The first-order valence-electron chi connectivity index (χ1n) is 10.8. The molecule has 4 rings (SSSR count). The summed E-state index contributed by atoms with van der Waals surface area (Å²) < 4.78 is 6.10. The van der Waals surface area contributed by atoms with Crippen molar-refractivity contribution in [1.29, 1.82) is 0 Å². The van der Waals surface area contributed by atoms with E-state index in [0.717, 1.165) is 16.8 Å². The minimum Gasteiger partial charge on any atom is -0.361 e. The minimum atomic E-state index is -1.19. The Morgan fingerprint density at radius 2 is 1.62 bits per heavy atom. The third-order valence-corrected chi connectivity index (χ3v) is 5.64. The average Bonchev–Trinajstić information content (AvgIpc) is 2.84. The van der Waals surface area contributed by atoms with Crippen LogP contribution in [0.15, 0.2) is 85.1 Å². The summed E-state index contributed by atoms with van der Waals surface area (Å²) in [5.74, 6) is -0.245. The number of carbonyl (C=O) groups is 2. The smallest absolute Gasteiger partial charge is 0.254 e. The van der Waals surface area contributed by atoms with Gasteiger partial charge in [-0.25, -0.2) is 0 Å². The Bertz CT molecular complexity index is 1030. The minimum absolute atomic E-state index is 0.0132. The maximum atomic E-state index is 13.4. The molecule has 0 saturated carbocycles. The van der Waals surface area contributed by atoms with E-state index in [9.17, 15) is 9.59 Å². The lowest BCUT2D eigenvalue weighted by Crippen LogP contribution is -2.62. The Morgan fingerprint density at radius 3 is 2.31 bits per heavy atom. The molecule has 6 heteroatoms. The molecular formula is C26H27N3O3. The van der Waals surface area contributed by atoms with E-state index in [0.29, 0.717) is 32.5 Å². The second-order valence-electron chi connectivity index (χ2n) is 7.99. The van der Waals surface area contributed by atoms with Gasteiger partial charge in [-0.2, -0.15) is 0 Å². The van der Waals surface area contributed by atoms with Crippen molar-refractivity contribution in [3.8, 4) is 0 Å². The summed E-state index contributed by atoms with van der Waals surface area (Å²) in [4.78, 5) is 32.6. The molecule has 0 bridgehead atoms. The lowest BCUT2D eigenvalue weighted by atomic mass is 9.93. The van der Waals surface area contributed by atoms with Crippen molar-refractivity contribution < 1.29 is 14.3 Å². The number of ether oxygens (including phenoxy) is 1. The van der Waals surface area contributed by atoms with Crippen LogP contribution in [-0.2, 0) is 33.7 Å². The monoisotopic (exact) mass is 429 g/mol. The van der Waals surface area contributed by atoms with Gasteiger partial charge in [0.05, 0.1) is 19.6 Å². The van der Waals surface area contributed by atoms with Gasteiger partial charge in [0, 0.05) is 31.4 Å². The quantitative estimate of drug-likeness (QED) is 0.627. The fourth-order valence-electron chi connectivity index (χ4n) is 3.94. The molecular weight excluding hydrogens is 402 g/mol. The number of pyridine rings is 1. The van der Waals surface area contributed by atoms with Crippen molar-refractivity contribution in [2.75, 3.05) is 19.7 Å². The standard InChI is InChI=1S/C26H27N3O3/c30-24(17-21-9-3-1-4-10-21)29-15-16-32-26(20-29,18-23-13-7-8-14-27-23)25(31)28-19-22-11-5-2-6-12-22/h1-14H,15-20H2,(H,28,31). The van der Waals surface area contributed by atoms with Crippen LogP contribution in [0.1, 0.15) is 16.8 Å². The van der Waals surface area contributed by atoms with Crippen LogP contribution in [0.2, 0.25) is 0 Å². The van der Waals surface area contributed by atoms with E-state index in [1.165, 1.54) is 0 Å². The summed E-state index contributed by atoms with van der Waals surface area (Å²) in [5.41, 5.74) is 1.52. The van der Waals surface area contributed by atoms with Crippen molar-refractivity contribution >= 4 is 11.8 Å². The van der Waals surface area contributed by atoms with E-state index in [-0.39, 0.29) is 18.4 Å². The van der Waals surface area contributed by atoms with E-state index in [2.05, 4.69) is 10.3 Å². The first-order chi connectivity index (χ1) is 15.6. The summed E-state index contributed by atoms with van der Waals surface area (Å²) in [6.45, 7) is 1.34. The van der Waals surface area contributed by atoms with Crippen LogP contribution in [0.5, 0.6) is 0 Å². The fraction of sp³-hybridized carbons (Fsp3) is 0.269. The average molecular weight is 430 g/mol. The van der Waals surface area contributed by atoms with Gasteiger partial charge >= 0.3 is 0 Å². The predicted molar refractivity (Wildman–Crippen MR) is 122 cm³/mol. The summed E-state index contributed by atoms with van der Waals surface area (Å²) in [6.07, 6.45) is 2.29. The number of aromatic nitrogens is 1. The SMILES string of the molecule is O=C(Cc1ccccc1)N1CCOC(Cc2ccccn2)(C(=O)NCc2ccccc2)C1. The topological polar surface area (TPSA) is 71.5 Å². The zero-order valence-corrected chi connectivity index (χ0v) is 17.9. The largest absolute Gasteiger partial charge is 0.361 e. The van der Waals surface area contributed by atoms with Gasteiger partial charge in [0.15, 0.2) is 5.60 Å². The van der Waals surface area contributed by atoms with Crippen LogP contribution in [0.4, 0.5) is 0 Å². The highest BCUT2D eigenvalue weighted by Gasteiger charge is 2.45. The molecule has 0 radical (unpaired) electrons. The fourth-order valence-corrected chi connectivity index (χ4v) is 3.94. The van der Waals surface area contributed by atoms with Crippen molar-refractivity contribution in [3.63, 3.8) is 0 Å². The van der Waals surface area contributed by atoms with E-state index in [4.69, 9.17) is 4.74 Å². The van der Waals surface area contributed by atoms with Gasteiger partial charge in [-0.05, 0) is 23.3 Å². The Labute approximate surface area is 188 Å². The summed E-state index contributed by atoms with van der Waals surface area (Å²) >= 11 is 0. The van der Waals surface area contributed by atoms with Crippen LogP contribution >= 0.6 is 0 Å². The van der Waals surface area contributed by atoms with Gasteiger partial charge in [-0.3, -0.25) is 14.6 Å². The maximum Gasteiger partial charge on any atom is 0.254 e. The van der Waals surface area contributed by atoms with Crippen LogP contribution < -0.4 is 5.32 Å². The molecule has 164 valence electrons. The second-order valence-corrected chi connectivity index (χ2v) is 7.99. The van der Waals surface area contributed by atoms with Crippen LogP contribution in [0.25, 0.3) is 0 Å². The third-order valence-electron chi connectivity index (χ3n) is 5.64. The highest BCUT2D eigenvalue weighted by atomic mass is 16.5. The van der Waals surface area contributed by atoms with Gasteiger partial charge in [0.25, 0.3) is 5.91 Å². The number of rotatable bonds is 7. The van der Waals surface area contributed by atoms with Gasteiger partial charge in [-0.1, -0.05) is 66.7 Å². The van der Waals surface area contributed by atoms with Gasteiger partial charge in [-0.15, -0.1) is 0 Å². The number of amides is 2. The molecule has 2 aromatic carbocycles. The molecule has 3 aromatic rings. The van der Waals surface area contributed by atoms with Crippen molar-refractivity contribution in [3.05, 3.63) is 102 Å². The van der Waals surface area contributed by atoms with Gasteiger partial charge < -0.3 is 15.0 Å². The highest BCUT2D eigenvalue weighted by Crippen LogP contribution is 2.24. The summed E-state index contributed by atoms with van der Waals surface area (Å²) in [7, 11) is 0. The first kappa shape index (κ1) is 21.7. The Hall–Kier alpha value is -3.51. The van der Waals surface area contributed by atoms with E-state index < -0.39 is 5.60 Å². The molecule has 1 aromatic heterocycles. The molecule has 1 unspecified atom stereocenters. The molecule has 0 aliphatic carbocycles. The molecule has 2 amide bonds. The molecule has 1 saturated heterocycles. The zero-order chi connectivity index (χ0) is 22.2. The maximum absolute atomic E-state index is 13.4. The molecule has 0 spiro atoms. The number of hydrogen-bond donors (Lipinski definition) is 1. The van der Waals surface area contributed by atoms with Crippen LogP contribution in [0.3, 0.4) is 0 Å². The third kappa shape index (κ3) is 5.39. The van der Waals surface area contributed by atoms with Crippen molar-refractivity contribution in [2.45, 2.75) is 25.0 Å². The normalized spacial score (nSPS) is 18.2. The molecule has 1 atom stereocenters. The predicted octanol–water partition coefficient (Wildman–Crippen LogP) is 2.78. The number of nitrogens with zero attached hydrogens (tertiary/aromatic N) is 2. The second kappa shape index (κ2) is 10.2. The van der Waals surface area contributed by atoms with Gasteiger partial charge in [0.1, 0.15) is 0 Å². The zero-order valence-electron chi connectivity index (χ0n) is 17.9. The Balaban J connectivity index is 1.52. The van der Waals surface area contributed by atoms with Crippen LogP contribution in [0, 0.1) is 0 Å². The summed E-state index contributed by atoms with van der Waals surface area (Å²) in [6, 6.07) is 25.0. The Kier molecular flexibility index (Phi) is 6.92. The summed E-state index contributed by atoms with van der Waals surface area (Å²) in [5, 5.41) is 3.01. The molecule has 6 nitrogen and oxygen atoms in total. The van der Waals surface area contributed by atoms with E-state index in [1.54, 1.807) is 11.1 Å². The molecule has 32 heavy (non-hydrogen) atoms. The molecule has 1 N–H and O–H groups in total. The first-order valence-corrected chi connectivity index (χ1v) is 10.8. The molecule has 1 fully saturated rings. The van der Waals surface area contributed by atoms with E-state index >= 15 is 0 Å². The number of carbonyl (C=O) groups excluding carboxylic acids is 2. The lowest BCUT2D eigenvalue weighted by molar-refractivity contribution is -0.166. The Morgan fingerprint density at radius 1 is 0.938 bits per heavy atom. The molecule has 1 aliphatic heterocycles. The van der Waals surface area contributed by atoms with Crippen molar-refractivity contribution in [1.82, 2.24) is 15.2 Å². The molecule has 2 heterocycles. The van der Waals surface area contributed by atoms with Crippen molar-refractivity contribution in [2.24, 2.45) is 0 Å². The molecule has 1 aliphatic rings. The van der Waals surface area contributed by atoms with Crippen LogP contribution in [-0.4, -0.2) is 47.0 Å². The van der Waals surface area contributed by atoms with Gasteiger partial charge in [0.2, 0.25) is 5.91 Å². The number of morpholine rings is 1. The highest BCUT2D eigenvalue weighted by molar-refractivity contribution is 5.87.